The average molecular weight is 388 g/mol. The van der Waals surface area contributed by atoms with Crippen LogP contribution in [0.4, 0.5) is 5.69 Å². The molecule has 0 atom stereocenters. The molecule has 0 fully saturated rings. The van der Waals surface area contributed by atoms with Gasteiger partial charge in [0, 0.05) is 11.8 Å². The third kappa shape index (κ3) is 9.31. The third-order valence-corrected chi connectivity index (χ3v) is 4.25. The number of anilines is 1. The van der Waals surface area contributed by atoms with Gasteiger partial charge in [-0.15, -0.1) is 0 Å². The van der Waals surface area contributed by atoms with E-state index in [1.807, 2.05) is 0 Å². The number of ether oxygens (including phenoxy) is 1. The molecule has 28 heavy (non-hydrogen) atoms. The molecular weight excluding hydrogens is 354 g/mol. The lowest BCUT2D eigenvalue weighted by molar-refractivity contribution is 0.0500. The van der Waals surface area contributed by atoms with Crippen LogP contribution in [0.5, 0.6) is 11.5 Å². The highest BCUT2D eigenvalue weighted by atomic mass is 16.5. The maximum absolute atomic E-state index is 11.4. The van der Waals surface area contributed by atoms with E-state index in [4.69, 9.17) is 15.6 Å². The number of hydrogen-bond acceptors (Lipinski definition) is 5. The zero-order valence-electron chi connectivity index (χ0n) is 17.0. The van der Waals surface area contributed by atoms with E-state index in [0.717, 1.165) is 31.2 Å². The predicted molar refractivity (Wildman–Crippen MR) is 114 cm³/mol. The molecule has 154 valence electrons. The van der Waals surface area contributed by atoms with Crippen molar-refractivity contribution in [2.45, 2.75) is 58.8 Å². The molecule has 2 aromatic carbocycles. The largest absolute Gasteiger partial charge is 0.508 e. The Bertz CT molecular complexity index is 698. The molecule has 0 heterocycles. The van der Waals surface area contributed by atoms with Crippen LogP contribution in [0.3, 0.4) is 0 Å². The van der Waals surface area contributed by atoms with Gasteiger partial charge in [-0.05, 0) is 55.2 Å². The van der Waals surface area contributed by atoms with Crippen molar-refractivity contribution in [1.82, 2.24) is 0 Å². The molecule has 0 aromatic heterocycles. The number of rotatable bonds is 9. The van der Waals surface area contributed by atoms with Gasteiger partial charge < -0.3 is 20.7 Å². The summed E-state index contributed by atoms with van der Waals surface area (Å²) in [6.45, 7) is 4.72. The van der Waals surface area contributed by atoms with E-state index in [1.165, 1.54) is 25.3 Å². The van der Waals surface area contributed by atoms with Crippen LogP contribution >= 0.6 is 0 Å². The van der Waals surface area contributed by atoms with Crippen LogP contribution in [0.15, 0.2) is 42.5 Å². The Morgan fingerprint density at radius 2 is 1.61 bits per heavy atom. The Morgan fingerprint density at radius 1 is 0.929 bits per heavy atom. The van der Waals surface area contributed by atoms with Gasteiger partial charge in [-0.3, -0.25) is 0 Å². The van der Waals surface area contributed by atoms with E-state index in [9.17, 15) is 9.90 Å². The van der Waals surface area contributed by atoms with Crippen LogP contribution < -0.4 is 5.73 Å². The molecule has 5 heteroatoms. The number of aromatic hydroxyl groups is 2. The number of carbonyl (C=O) groups excluding carboxylic acids is 1. The number of nitrogens with two attached hydrogens (primary N) is 1. The van der Waals surface area contributed by atoms with Gasteiger partial charge >= 0.3 is 5.97 Å². The molecule has 4 N–H and O–H groups in total. The fraction of sp³-hybridized carbons (Fsp3) is 0.435. The van der Waals surface area contributed by atoms with Crippen molar-refractivity contribution in [2.24, 2.45) is 0 Å². The first-order valence-electron chi connectivity index (χ1n) is 10.0. The topological polar surface area (TPSA) is 92.8 Å². The molecule has 0 saturated carbocycles. The van der Waals surface area contributed by atoms with Gasteiger partial charge in [0.2, 0.25) is 0 Å². The highest BCUT2D eigenvalue weighted by Gasteiger charge is 2.05. The number of phenols is 2. The van der Waals surface area contributed by atoms with Gasteiger partial charge in [-0.2, -0.15) is 0 Å². The van der Waals surface area contributed by atoms with Crippen LogP contribution in [0.2, 0.25) is 0 Å². The van der Waals surface area contributed by atoms with E-state index < -0.39 is 0 Å². The van der Waals surface area contributed by atoms with Gasteiger partial charge in [-0.25, -0.2) is 4.79 Å². The van der Waals surface area contributed by atoms with Gasteiger partial charge in [-0.1, -0.05) is 45.6 Å². The first-order chi connectivity index (χ1) is 13.5. The molecule has 0 saturated heterocycles. The molecule has 0 aliphatic carbocycles. The number of phenolic OH excluding ortho intramolecular Hbond substituents is 2. The zero-order chi connectivity index (χ0) is 20.8. The fourth-order valence-electron chi connectivity index (χ4n) is 2.52. The quantitative estimate of drug-likeness (QED) is 0.302. The number of unbranched alkanes of at least 4 members (excludes halogenated alkanes) is 4. The smallest absolute Gasteiger partial charge is 0.338 e. The first-order valence-corrected chi connectivity index (χ1v) is 10.0. The Kier molecular flexibility index (Phi) is 11.2. The lowest BCUT2D eigenvalue weighted by atomic mass is 10.1. The Balaban J connectivity index is 0.000000280. The van der Waals surface area contributed by atoms with Crippen molar-refractivity contribution < 1.29 is 19.7 Å². The summed E-state index contributed by atoms with van der Waals surface area (Å²) >= 11 is 0. The molecule has 0 aliphatic rings. The Hall–Kier alpha value is -2.69. The predicted octanol–water partition coefficient (Wildman–Crippen LogP) is 5.45. The summed E-state index contributed by atoms with van der Waals surface area (Å²) in [5.41, 5.74) is 7.63. The molecule has 0 amide bonds. The molecule has 0 unspecified atom stereocenters. The van der Waals surface area contributed by atoms with Crippen LogP contribution in [0.1, 0.15) is 68.3 Å². The molecule has 0 bridgehead atoms. The molecule has 2 aromatic rings. The van der Waals surface area contributed by atoms with Crippen molar-refractivity contribution in [1.29, 1.82) is 0 Å². The van der Waals surface area contributed by atoms with Crippen LogP contribution in [0.25, 0.3) is 0 Å². The molecule has 2 rings (SSSR count). The maximum atomic E-state index is 11.4. The standard InChI is InChI=1S/C12H18O2.C11H15NO2/c1-2-3-4-5-6-10-7-8-11(13)9-12(10)14;1-2-3-8-14-11(13)9-4-6-10(12)7-5-9/h7-9,13-14H,2-6H2,1H3;4-7H,2-3,8,12H2,1H3. The number of nitrogen functional groups attached to an aromatic ring is 1. The zero-order valence-corrected chi connectivity index (χ0v) is 17.0. The van der Waals surface area contributed by atoms with E-state index in [-0.39, 0.29) is 17.5 Å². The van der Waals surface area contributed by atoms with E-state index in [0.29, 0.717) is 17.9 Å². The third-order valence-electron chi connectivity index (χ3n) is 4.25. The lowest BCUT2D eigenvalue weighted by Crippen LogP contribution is -2.06. The van der Waals surface area contributed by atoms with Crippen LogP contribution in [-0.2, 0) is 11.2 Å². The second-order valence-corrected chi connectivity index (χ2v) is 6.74. The summed E-state index contributed by atoms with van der Waals surface area (Å²) in [5, 5.41) is 18.6. The number of aryl methyl sites for hydroxylation is 1. The maximum Gasteiger partial charge on any atom is 0.338 e. The number of hydrogen-bond donors (Lipinski definition) is 3. The van der Waals surface area contributed by atoms with Crippen molar-refractivity contribution in [2.75, 3.05) is 12.3 Å². The monoisotopic (exact) mass is 387 g/mol. The minimum atomic E-state index is -0.279. The van der Waals surface area contributed by atoms with Crippen molar-refractivity contribution in [3.63, 3.8) is 0 Å². The van der Waals surface area contributed by atoms with Gasteiger partial charge in [0.15, 0.2) is 0 Å². The van der Waals surface area contributed by atoms with Gasteiger partial charge in [0.25, 0.3) is 0 Å². The van der Waals surface area contributed by atoms with Crippen molar-refractivity contribution in [3.8, 4) is 11.5 Å². The SMILES string of the molecule is CCCCCCc1ccc(O)cc1O.CCCCOC(=O)c1ccc(N)cc1. The Morgan fingerprint density at radius 3 is 2.21 bits per heavy atom. The Labute approximate surface area is 168 Å². The van der Waals surface area contributed by atoms with Gasteiger partial charge in [0.1, 0.15) is 11.5 Å². The number of carbonyl (C=O) groups is 1. The molecule has 5 nitrogen and oxygen atoms in total. The van der Waals surface area contributed by atoms with Crippen LogP contribution in [-0.4, -0.2) is 22.8 Å². The fourth-order valence-corrected chi connectivity index (χ4v) is 2.52. The van der Waals surface area contributed by atoms with Crippen LogP contribution in [0, 0.1) is 0 Å². The molecule has 0 spiro atoms. The first kappa shape index (κ1) is 23.3. The van der Waals surface area contributed by atoms with Gasteiger partial charge in [0.05, 0.1) is 12.2 Å². The summed E-state index contributed by atoms with van der Waals surface area (Å²) in [5.74, 6) is 0.0553. The van der Waals surface area contributed by atoms with Crippen molar-refractivity contribution in [3.05, 3.63) is 53.6 Å². The minimum Gasteiger partial charge on any atom is -0.508 e. The number of benzene rings is 2. The average Bonchev–Trinajstić information content (AvgIpc) is 2.68. The second kappa shape index (κ2) is 13.5. The van der Waals surface area contributed by atoms with Crippen molar-refractivity contribution >= 4 is 11.7 Å². The lowest BCUT2D eigenvalue weighted by Gasteiger charge is -2.04. The second-order valence-electron chi connectivity index (χ2n) is 6.74. The molecule has 0 radical (unpaired) electrons. The normalized spacial score (nSPS) is 10.1. The summed E-state index contributed by atoms with van der Waals surface area (Å²) in [6.07, 6.45) is 7.60. The summed E-state index contributed by atoms with van der Waals surface area (Å²) in [4.78, 5) is 11.4. The van der Waals surface area contributed by atoms with E-state index in [2.05, 4.69) is 13.8 Å². The van der Waals surface area contributed by atoms with E-state index >= 15 is 0 Å². The summed E-state index contributed by atoms with van der Waals surface area (Å²) < 4.78 is 5.03. The van der Waals surface area contributed by atoms with E-state index in [1.54, 1.807) is 36.4 Å². The number of esters is 1. The summed E-state index contributed by atoms with van der Waals surface area (Å²) in [6, 6.07) is 11.5. The highest BCUT2D eigenvalue weighted by molar-refractivity contribution is 5.89. The minimum absolute atomic E-state index is 0.125. The highest BCUT2D eigenvalue weighted by Crippen LogP contribution is 2.24. The summed E-state index contributed by atoms with van der Waals surface area (Å²) in [7, 11) is 0. The molecule has 0 aliphatic heterocycles. The molecular formula is C23H33NO4.